The van der Waals surface area contributed by atoms with Gasteiger partial charge in [-0.15, -0.1) is 0 Å². The fraction of sp³-hybridized carbons (Fsp3) is 0.321. The molecule has 4 rings (SSSR count). The van der Waals surface area contributed by atoms with Gasteiger partial charge in [0.25, 0.3) is 5.56 Å². The molecular formula is C28H29BrN2O6S. The average molecular weight is 602 g/mol. The van der Waals surface area contributed by atoms with E-state index in [9.17, 15) is 9.59 Å². The number of thiazole rings is 1. The maximum absolute atomic E-state index is 13.9. The van der Waals surface area contributed by atoms with Crippen molar-refractivity contribution in [1.82, 2.24) is 4.57 Å². The molecule has 0 unspecified atom stereocenters. The van der Waals surface area contributed by atoms with E-state index in [1.165, 1.54) is 15.9 Å². The molecule has 1 aromatic heterocycles. The van der Waals surface area contributed by atoms with Crippen LogP contribution < -0.4 is 29.1 Å². The van der Waals surface area contributed by atoms with E-state index in [0.29, 0.717) is 44.4 Å². The number of methoxy groups -OCH3 is 2. The number of fused-ring (bicyclic) bond motifs is 1. The lowest BCUT2D eigenvalue weighted by Gasteiger charge is -2.26. The van der Waals surface area contributed by atoms with Crippen molar-refractivity contribution >= 4 is 39.3 Å². The largest absolute Gasteiger partial charge is 0.496 e. The molecule has 200 valence electrons. The molecule has 0 spiro atoms. The second kappa shape index (κ2) is 11.6. The van der Waals surface area contributed by atoms with E-state index in [0.717, 1.165) is 10.0 Å². The van der Waals surface area contributed by atoms with E-state index >= 15 is 0 Å². The number of ether oxygens (including phenoxy) is 4. The van der Waals surface area contributed by atoms with E-state index < -0.39 is 12.0 Å². The molecule has 8 nitrogen and oxygen atoms in total. The van der Waals surface area contributed by atoms with Gasteiger partial charge in [0.1, 0.15) is 11.8 Å². The van der Waals surface area contributed by atoms with E-state index in [4.69, 9.17) is 18.9 Å². The summed E-state index contributed by atoms with van der Waals surface area (Å²) < 4.78 is 25.1. The summed E-state index contributed by atoms with van der Waals surface area (Å²) in [6.07, 6.45) is 1.44. The molecule has 0 amide bonds. The predicted octanol–water partition coefficient (Wildman–Crippen LogP) is 4.37. The molecule has 1 aliphatic rings. The van der Waals surface area contributed by atoms with Crippen LogP contribution in [-0.2, 0) is 9.53 Å². The summed E-state index contributed by atoms with van der Waals surface area (Å²) >= 11 is 4.77. The van der Waals surface area contributed by atoms with Crippen molar-refractivity contribution in [2.45, 2.75) is 39.8 Å². The quantitative estimate of drug-likeness (QED) is 0.357. The Hall–Kier alpha value is -3.37. The predicted molar refractivity (Wildman–Crippen MR) is 150 cm³/mol. The van der Waals surface area contributed by atoms with Gasteiger partial charge in [-0.3, -0.25) is 9.36 Å². The van der Waals surface area contributed by atoms with E-state index in [2.05, 4.69) is 20.9 Å². The molecule has 38 heavy (non-hydrogen) atoms. The highest BCUT2D eigenvalue weighted by Gasteiger charge is 2.35. The fourth-order valence-corrected chi connectivity index (χ4v) is 5.70. The first-order valence-corrected chi connectivity index (χ1v) is 13.7. The number of allylic oxidation sites excluding steroid dienone is 1. The van der Waals surface area contributed by atoms with Gasteiger partial charge in [-0.2, -0.15) is 0 Å². The first-order chi connectivity index (χ1) is 18.2. The minimum atomic E-state index is -0.790. The summed E-state index contributed by atoms with van der Waals surface area (Å²) in [7, 11) is 3.12. The number of aromatic nitrogens is 1. The third-order valence-electron chi connectivity index (χ3n) is 5.86. The van der Waals surface area contributed by atoms with Gasteiger partial charge in [-0.25, -0.2) is 9.79 Å². The van der Waals surface area contributed by atoms with Crippen molar-refractivity contribution in [3.05, 3.63) is 83.0 Å². The molecule has 0 radical (unpaired) electrons. The van der Waals surface area contributed by atoms with Gasteiger partial charge < -0.3 is 18.9 Å². The SMILES string of the molecule is CCOc1ccc(/C=c2\sc3n(c2=O)[C@@H](c2cc(Br)ccc2OC)C(C(=O)OC(C)C)=C(C)N=3)cc1OC. The minimum Gasteiger partial charge on any atom is -0.496 e. The van der Waals surface area contributed by atoms with Crippen LogP contribution in [0, 0.1) is 0 Å². The number of hydrogen-bond acceptors (Lipinski definition) is 8. The lowest BCUT2D eigenvalue weighted by Crippen LogP contribution is -2.40. The maximum atomic E-state index is 13.9. The molecule has 1 aliphatic heterocycles. The molecule has 1 atom stereocenters. The second-order valence-electron chi connectivity index (χ2n) is 8.77. The Kier molecular flexibility index (Phi) is 8.42. The molecule has 0 saturated heterocycles. The van der Waals surface area contributed by atoms with Gasteiger partial charge >= 0.3 is 5.97 Å². The molecule has 0 bridgehead atoms. The Morgan fingerprint density at radius 3 is 2.50 bits per heavy atom. The third kappa shape index (κ3) is 5.42. The van der Waals surface area contributed by atoms with E-state index in [1.54, 1.807) is 47.1 Å². The van der Waals surface area contributed by atoms with Crippen molar-refractivity contribution in [2.24, 2.45) is 4.99 Å². The molecule has 10 heteroatoms. The monoisotopic (exact) mass is 600 g/mol. The van der Waals surface area contributed by atoms with Crippen LogP contribution in [0.4, 0.5) is 0 Å². The summed E-state index contributed by atoms with van der Waals surface area (Å²) in [5.41, 5.74) is 1.90. The number of carbonyl (C=O) groups excluding carboxylic acids is 1. The molecule has 2 heterocycles. The number of esters is 1. The summed E-state index contributed by atoms with van der Waals surface area (Å²) in [5, 5.41) is 0. The van der Waals surface area contributed by atoms with Gasteiger partial charge in [-0.05, 0) is 69.7 Å². The van der Waals surface area contributed by atoms with Gasteiger partial charge in [0.2, 0.25) is 0 Å². The first kappa shape index (κ1) is 27.7. The van der Waals surface area contributed by atoms with Crippen LogP contribution in [0.25, 0.3) is 6.08 Å². The van der Waals surface area contributed by atoms with Gasteiger partial charge in [0.05, 0.1) is 42.7 Å². The van der Waals surface area contributed by atoms with Gasteiger partial charge in [-0.1, -0.05) is 33.3 Å². The summed E-state index contributed by atoms with van der Waals surface area (Å²) in [6, 6.07) is 10.2. The van der Waals surface area contributed by atoms with Crippen LogP contribution in [0.2, 0.25) is 0 Å². The second-order valence-corrected chi connectivity index (χ2v) is 10.7. The fourth-order valence-electron chi connectivity index (χ4n) is 4.27. The van der Waals surface area contributed by atoms with E-state index in [1.807, 2.05) is 37.3 Å². The number of nitrogens with zero attached hydrogens (tertiary/aromatic N) is 2. The Labute approximate surface area is 233 Å². The molecule has 0 saturated carbocycles. The van der Waals surface area contributed by atoms with Crippen LogP contribution in [0.1, 0.15) is 44.9 Å². The lowest BCUT2D eigenvalue weighted by atomic mass is 9.95. The standard InChI is InChI=1S/C28H29BrN2O6S/c1-7-36-21-10-8-17(12-22(21)35-6)13-23-26(32)31-25(19-14-18(29)9-11-20(19)34-5)24(27(33)37-15(2)3)16(4)30-28(31)38-23/h8-15,25H,7H2,1-6H3/b23-13-/t25-/m0/s1. The first-order valence-electron chi connectivity index (χ1n) is 12.1. The molecule has 0 aliphatic carbocycles. The Morgan fingerprint density at radius 1 is 1.13 bits per heavy atom. The summed E-state index contributed by atoms with van der Waals surface area (Å²) in [5.74, 6) is 1.20. The zero-order chi connectivity index (χ0) is 27.6. The highest BCUT2D eigenvalue weighted by molar-refractivity contribution is 9.10. The van der Waals surface area contributed by atoms with Crippen molar-refractivity contribution < 1.29 is 23.7 Å². The van der Waals surface area contributed by atoms with Gasteiger partial charge in [0.15, 0.2) is 16.3 Å². The smallest absolute Gasteiger partial charge is 0.338 e. The Balaban J connectivity index is 1.95. The summed E-state index contributed by atoms with van der Waals surface area (Å²) in [6.45, 7) is 7.72. The molecule has 2 aromatic carbocycles. The zero-order valence-electron chi connectivity index (χ0n) is 22.0. The lowest BCUT2D eigenvalue weighted by molar-refractivity contribution is -0.143. The van der Waals surface area contributed by atoms with Crippen LogP contribution in [-0.4, -0.2) is 37.5 Å². The molecule has 0 fully saturated rings. The third-order valence-corrected chi connectivity index (χ3v) is 7.33. The molecule has 0 N–H and O–H groups in total. The minimum absolute atomic E-state index is 0.282. The number of hydrogen-bond donors (Lipinski definition) is 0. The zero-order valence-corrected chi connectivity index (χ0v) is 24.4. The van der Waals surface area contributed by atoms with Crippen LogP contribution in [0.15, 0.2) is 61.9 Å². The topological polar surface area (TPSA) is 88.4 Å². The Bertz CT molecular complexity index is 1590. The number of rotatable bonds is 8. The van der Waals surface area contributed by atoms with Crippen LogP contribution >= 0.6 is 27.3 Å². The number of carbonyl (C=O) groups is 1. The van der Waals surface area contributed by atoms with Crippen LogP contribution in [0.5, 0.6) is 17.2 Å². The van der Waals surface area contributed by atoms with Crippen molar-refractivity contribution in [1.29, 1.82) is 0 Å². The van der Waals surface area contributed by atoms with Crippen molar-refractivity contribution in [3.63, 3.8) is 0 Å². The van der Waals surface area contributed by atoms with Crippen molar-refractivity contribution in [2.75, 3.05) is 20.8 Å². The summed E-state index contributed by atoms with van der Waals surface area (Å²) in [4.78, 5) is 32.4. The van der Waals surface area contributed by atoms with E-state index in [-0.39, 0.29) is 17.2 Å². The average Bonchev–Trinajstić information content (AvgIpc) is 3.17. The number of halogens is 1. The van der Waals surface area contributed by atoms with Crippen molar-refractivity contribution in [3.8, 4) is 17.2 Å². The highest BCUT2D eigenvalue weighted by Crippen LogP contribution is 2.37. The maximum Gasteiger partial charge on any atom is 0.338 e. The Morgan fingerprint density at radius 2 is 1.84 bits per heavy atom. The number of benzene rings is 2. The molecular weight excluding hydrogens is 572 g/mol. The normalized spacial score (nSPS) is 15.3. The highest BCUT2D eigenvalue weighted by atomic mass is 79.9. The van der Waals surface area contributed by atoms with Crippen LogP contribution in [0.3, 0.4) is 0 Å². The van der Waals surface area contributed by atoms with Gasteiger partial charge in [0, 0.05) is 10.0 Å². The molecule has 3 aromatic rings.